The van der Waals surface area contributed by atoms with Crippen LogP contribution >= 0.6 is 11.6 Å². The molecule has 0 radical (unpaired) electrons. The lowest BCUT2D eigenvalue weighted by atomic mass is 10.1. The molecule has 1 atom stereocenters. The van der Waals surface area contributed by atoms with Gasteiger partial charge in [0.1, 0.15) is 0 Å². The van der Waals surface area contributed by atoms with Crippen LogP contribution in [0.2, 0.25) is 5.02 Å². The van der Waals surface area contributed by atoms with E-state index >= 15 is 0 Å². The van der Waals surface area contributed by atoms with Gasteiger partial charge in [0.25, 0.3) is 5.91 Å². The van der Waals surface area contributed by atoms with Gasteiger partial charge in [-0.3, -0.25) is 4.79 Å². The van der Waals surface area contributed by atoms with E-state index in [1.54, 1.807) is 30.3 Å². The largest absolute Gasteiger partial charge is 0.478 e. The second-order valence-corrected chi connectivity index (χ2v) is 5.40. The molecule has 1 aromatic carbocycles. The number of amides is 1. The molecule has 1 amide bonds. The van der Waals surface area contributed by atoms with Crippen molar-refractivity contribution >= 4 is 17.5 Å². The number of benzene rings is 1. The van der Waals surface area contributed by atoms with Gasteiger partial charge in [-0.15, -0.1) is 0 Å². The SMILES string of the molecule is CCOc1ccc(C(=O)N(C)C(C)c2ccc(Cl)cc2)cn1. The highest BCUT2D eigenvalue weighted by Gasteiger charge is 2.19. The van der Waals surface area contributed by atoms with Crippen LogP contribution in [0.3, 0.4) is 0 Å². The lowest BCUT2D eigenvalue weighted by Crippen LogP contribution is -2.29. The summed E-state index contributed by atoms with van der Waals surface area (Å²) in [7, 11) is 1.78. The van der Waals surface area contributed by atoms with Gasteiger partial charge in [-0.2, -0.15) is 0 Å². The number of hydrogen-bond donors (Lipinski definition) is 0. The molecule has 0 spiro atoms. The van der Waals surface area contributed by atoms with E-state index in [1.807, 2.05) is 38.1 Å². The molecule has 1 aromatic heterocycles. The van der Waals surface area contributed by atoms with Gasteiger partial charge in [0.05, 0.1) is 18.2 Å². The first kappa shape index (κ1) is 16.3. The van der Waals surface area contributed by atoms with Crippen LogP contribution in [-0.2, 0) is 0 Å². The number of carbonyl (C=O) groups is 1. The lowest BCUT2D eigenvalue weighted by Gasteiger charge is -2.25. The van der Waals surface area contributed by atoms with E-state index in [2.05, 4.69) is 4.98 Å². The van der Waals surface area contributed by atoms with Gasteiger partial charge in [0.2, 0.25) is 5.88 Å². The predicted octanol–water partition coefficient (Wildman–Crippen LogP) is 3.97. The number of ether oxygens (including phenoxy) is 1. The van der Waals surface area contributed by atoms with E-state index in [-0.39, 0.29) is 11.9 Å². The van der Waals surface area contributed by atoms with E-state index in [0.717, 1.165) is 5.56 Å². The minimum atomic E-state index is -0.0852. The highest BCUT2D eigenvalue weighted by molar-refractivity contribution is 6.30. The fraction of sp³-hybridized carbons (Fsp3) is 0.294. The monoisotopic (exact) mass is 318 g/mol. The number of carbonyl (C=O) groups excluding carboxylic acids is 1. The number of halogens is 1. The summed E-state index contributed by atoms with van der Waals surface area (Å²) in [6.07, 6.45) is 1.54. The Kier molecular flexibility index (Phi) is 5.39. The van der Waals surface area contributed by atoms with Crippen molar-refractivity contribution < 1.29 is 9.53 Å². The molecule has 0 saturated carbocycles. The standard InChI is InChI=1S/C17H19ClN2O2/c1-4-22-16-10-7-14(11-19-16)17(21)20(3)12(2)13-5-8-15(18)9-6-13/h5-12H,4H2,1-3H3. The Bertz CT molecular complexity index is 626. The molecule has 4 nitrogen and oxygen atoms in total. The van der Waals surface area contributed by atoms with Gasteiger partial charge in [-0.1, -0.05) is 23.7 Å². The number of hydrogen-bond acceptors (Lipinski definition) is 3. The van der Waals surface area contributed by atoms with Crippen LogP contribution in [0.25, 0.3) is 0 Å². The third-order valence-corrected chi connectivity index (χ3v) is 3.78. The van der Waals surface area contributed by atoms with Gasteiger partial charge in [-0.05, 0) is 37.6 Å². The van der Waals surface area contributed by atoms with E-state index in [9.17, 15) is 4.79 Å². The van der Waals surface area contributed by atoms with Crippen LogP contribution in [0.1, 0.15) is 35.8 Å². The first-order valence-electron chi connectivity index (χ1n) is 7.14. The zero-order valence-corrected chi connectivity index (χ0v) is 13.7. The molecule has 0 aliphatic heterocycles. The Labute approximate surface area is 135 Å². The molecule has 116 valence electrons. The Morgan fingerprint density at radius 1 is 1.27 bits per heavy atom. The number of pyridine rings is 1. The quantitative estimate of drug-likeness (QED) is 0.837. The summed E-state index contributed by atoms with van der Waals surface area (Å²) < 4.78 is 5.28. The van der Waals surface area contributed by atoms with Gasteiger partial charge in [0, 0.05) is 24.3 Å². The molecule has 0 fully saturated rings. The Hall–Kier alpha value is -2.07. The molecule has 2 rings (SSSR count). The Morgan fingerprint density at radius 3 is 2.50 bits per heavy atom. The fourth-order valence-corrected chi connectivity index (χ4v) is 2.21. The van der Waals surface area contributed by atoms with Gasteiger partial charge < -0.3 is 9.64 Å². The van der Waals surface area contributed by atoms with Crippen molar-refractivity contribution in [2.75, 3.05) is 13.7 Å². The maximum Gasteiger partial charge on any atom is 0.255 e. The van der Waals surface area contributed by atoms with Gasteiger partial charge in [0.15, 0.2) is 0 Å². The summed E-state index contributed by atoms with van der Waals surface area (Å²) in [5.41, 5.74) is 1.56. The molecule has 0 aliphatic carbocycles. The number of rotatable bonds is 5. The summed E-state index contributed by atoms with van der Waals surface area (Å²) in [5.74, 6) is 0.436. The zero-order chi connectivity index (χ0) is 16.1. The molecule has 0 saturated heterocycles. The van der Waals surface area contributed by atoms with Crippen LogP contribution in [0.4, 0.5) is 0 Å². The molecule has 5 heteroatoms. The molecule has 0 bridgehead atoms. The van der Waals surface area contributed by atoms with Crippen LogP contribution in [-0.4, -0.2) is 29.4 Å². The molecule has 0 N–H and O–H groups in total. The maximum absolute atomic E-state index is 12.5. The van der Waals surface area contributed by atoms with Crippen molar-refractivity contribution in [2.45, 2.75) is 19.9 Å². The highest BCUT2D eigenvalue weighted by Crippen LogP contribution is 2.22. The van der Waals surface area contributed by atoms with Gasteiger partial charge in [-0.25, -0.2) is 4.98 Å². The molecular weight excluding hydrogens is 300 g/mol. The van der Waals surface area contributed by atoms with E-state index in [1.165, 1.54) is 0 Å². The molecule has 1 heterocycles. The predicted molar refractivity (Wildman–Crippen MR) is 87.4 cm³/mol. The summed E-state index contributed by atoms with van der Waals surface area (Å²) >= 11 is 5.89. The third-order valence-electron chi connectivity index (χ3n) is 3.53. The maximum atomic E-state index is 12.5. The molecule has 22 heavy (non-hydrogen) atoms. The average Bonchev–Trinajstić information content (AvgIpc) is 2.54. The van der Waals surface area contributed by atoms with Crippen LogP contribution < -0.4 is 4.74 Å². The van der Waals surface area contributed by atoms with E-state index in [0.29, 0.717) is 23.1 Å². The highest BCUT2D eigenvalue weighted by atomic mass is 35.5. The zero-order valence-electron chi connectivity index (χ0n) is 12.9. The first-order valence-corrected chi connectivity index (χ1v) is 7.52. The Balaban J connectivity index is 2.12. The average molecular weight is 319 g/mol. The van der Waals surface area contributed by atoms with E-state index < -0.39 is 0 Å². The van der Waals surface area contributed by atoms with Crippen LogP contribution in [0.15, 0.2) is 42.6 Å². The first-order chi connectivity index (χ1) is 10.5. The van der Waals surface area contributed by atoms with Crippen LogP contribution in [0, 0.1) is 0 Å². The second kappa shape index (κ2) is 7.27. The smallest absolute Gasteiger partial charge is 0.255 e. The van der Waals surface area contributed by atoms with Crippen molar-refractivity contribution in [3.8, 4) is 5.88 Å². The van der Waals surface area contributed by atoms with Gasteiger partial charge >= 0.3 is 0 Å². The summed E-state index contributed by atoms with van der Waals surface area (Å²) in [6, 6.07) is 10.9. The fourth-order valence-electron chi connectivity index (χ4n) is 2.08. The number of aromatic nitrogens is 1. The third kappa shape index (κ3) is 3.77. The topological polar surface area (TPSA) is 42.4 Å². The van der Waals surface area contributed by atoms with Crippen molar-refractivity contribution in [2.24, 2.45) is 0 Å². The molecular formula is C17H19ClN2O2. The molecule has 2 aromatic rings. The minimum absolute atomic E-state index is 0.0589. The number of nitrogens with zero attached hydrogens (tertiary/aromatic N) is 2. The second-order valence-electron chi connectivity index (χ2n) is 4.96. The van der Waals surface area contributed by atoms with E-state index in [4.69, 9.17) is 16.3 Å². The molecule has 1 unspecified atom stereocenters. The molecule has 0 aliphatic rings. The lowest BCUT2D eigenvalue weighted by molar-refractivity contribution is 0.0742. The minimum Gasteiger partial charge on any atom is -0.478 e. The van der Waals surface area contributed by atoms with Crippen molar-refractivity contribution in [1.82, 2.24) is 9.88 Å². The summed E-state index contributed by atoms with van der Waals surface area (Å²) in [4.78, 5) is 18.3. The van der Waals surface area contributed by atoms with Crippen molar-refractivity contribution in [3.63, 3.8) is 0 Å². The summed E-state index contributed by atoms with van der Waals surface area (Å²) in [5, 5.41) is 0.681. The Morgan fingerprint density at radius 2 is 1.95 bits per heavy atom. The van der Waals surface area contributed by atoms with Crippen LogP contribution in [0.5, 0.6) is 5.88 Å². The summed E-state index contributed by atoms with van der Waals surface area (Å²) in [6.45, 7) is 4.42. The normalized spacial score (nSPS) is 11.8. The van der Waals surface area contributed by atoms with Crippen molar-refractivity contribution in [3.05, 3.63) is 58.7 Å². The van der Waals surface area contributed by atoms with Crippen molar-refractivity contribution in [1.29, 1.82) is 0 Å².